The van der Waals surface area contributed by atoms with E-state index in [1.807, 2.05) is 18.2 Å². The molecule has 0 radical (unpaired) electrons. The van der Waals surface area contributed by atoms with E-state index in [9.17, 15) is 4.79 Å². The van der Waals surface area contributed by atoms with E-state index >= 15 is 0 Å². The summed E-state index contributed by atoms with van der Waals surface area (Å²) in [6.45, 7) is 2.18. The Morgan fingerprint density at radius 2 is 2.00 bits per heavy atom. The summed E-state index contributed by atoms with van der Waals surface area (Å²) in [6.07, 6.45) is 5.66. The lowest BCUT2D eigenvalue weighted by molar-refractivity contribution is -0.107. The number of thioether (sulfide) groups is 1. The monoisotopic (exact) mass is 222 g/mol. The molecule has 0 N–H and O–H groups in total. The summed E-state index contributed by atoms with van der Waals surface area (Å²) in [5, 5.41) is 0.124. The Balaban J connectivity index is 2.37. The van der Waals surface area contributed by atoms with Crippen molar-refractivity contribution in [2.24, 2.45) is 0 Å². The summed E-state index contributed by atoms with van der Waals surface area (Å²) >= 11 is 1.67. The third-order valence-electron chi connectivity index (χ3n) is 2.27. The van der Waals surface area contributed by atoms with Gasteiger partial charge in [-0.05, 0) is 18.6 Å². The molecule has 0 aliphatic rings. The average molecular weight is 222 g/mol. The van der Waals surface area contributed by atoms with Gasteiger partial charge < -0.3 is 4.79 Å². The van der Waals surface area contributed by atoms with Crippen LogP contribution in [-0.4, -0.2) is 11.5 Å². The van der Waals surface area contributed by atoms with Gasteiger partial charge in [-0.15, -0.1) is 11.8 Å². The maximum Gasteiger partial charge on any atom is 0.133 e. The fraction of sp³-hybridized carbons (Fsp3) is 0.462. The van der Waals surface area contributed by atoms with Crippen molar-refractivity contribution in [2.75, 3.05) is 0 Å². The Bertz CT molecular complexity index is 271. The standard InChI is InChI=1S/C13H18OS/c1-2-3-5-10-13(11-14)15-12-8-6-4-7-9-12/h4,6-9,11,13H,2-3,5,10H2,1H3. The number of carbonyl (C=O) groups excluding carboxylic acids is 1. The van der Waals surface area contributed by atoms with Crippen LogP contribution in [0.2, 0.25) is 0 Å². The van der Waals surface area contributed by atoms with Crippen molar-refractivity contribution in [3.05, 3.63) is 30.3 Å². The van der Waals surface area contributed by atoms with Crippen LogP contribution in [0.3, 0.4) is 0 Å². The predicted octanol–water partition coefficient (Wildman–Crippen LogP) is 3.93. The van der Waals surface area contributed by atoms with E-state index < -0.39 is 0 Å². The van der Waals surface area contributed by atoms with E-state index in [-0.39, 0.29) is 5.25 Å². The number of aldehydes is 1. The Labute approximate surface area is 96.3 Å². The van der Waals surface area contributed by atoms with Crippen molar-refractivity contribution in [3.8, 4) is 0 Å². The molecule has 2 heteroatoms. The van der Waals surface area contributed by atoms with Gasteiger partial charge in [0.25, 0.3) is 0 Å². The average Bonchev–Trinajstić information content (AvgIpc) is 2.29. The number of hydrogen-bond acceptors (Lipinski definition) is 2. The summed E-state index contributed by atoms with van der Waals surface area (Å²) in [5.74, 6) is 0. The molecule has 1 nitrogen and oxygen atoms in total. The van der Waals surface area contributed by atoms with Gasteiger partial charge in [-0.3, -0.25) is 0 Å². The lowest BCUT2D eigenvalue weighted by Gasteiger charge is -2.09. The van der Waals surface area contributed by atoms with Gasteiger partial charge in [0.1, 0.15) is 6.29 Å². The molecule has 0 aliphatic carbocycles. The third kappa shape index (κ3) is 5.03. The summed E-state index contributed by atoms with van der Waals surface area (Å²) < 4.78 is 0. The first-order valence-corrected chi connectivity index (χ1v) is 6.41. The first-order valence-electron chi connectivity index (χ1n) is 5.53. The molecular weight excluding hydrogens is 204 g/mol. The minimum absolute atomic E-state index is 0.124. The van der Waals surface area contributed by atoms with Crippen molar-refractivity contribution < 1.29 is 4.79 Å². The maximum absolute atomic E-state index is 10.9. The molecule has 1 aromatic carbocycles. The molecule has 0 bridgehead atoms. The molecular formula is C13H18OS. The molecule has 0 saturated carbocycles. The van der Waals surface area contributed by atoms with Gasteiger partial charge >= 0.3 is 0 Å². The SMILES string of the molecule is CCCCCC(C=O)Sc1ccccc1. The van der Waals surface area contributed by atoms with Crippen LogP contribution < -0.4 is 0 Å². The van der Waals surface area contributed by atoms with E-state index in [1.165, 1.54) is 17.7 Å². The van der Waals surface area contributed by atoms with Gasteiger partial charge in [-0.25, -0.2) is 0 Å². The largest absolute Gasteiger partial charge is 0.302 e. The minimum Gasteiger partial charge on any atom is -0.302 e. The molecule has 0 aromatic heterocycles. The highest BCUT2D eigenvalue weighted by Crippen LogP contribution is 2.25. The second-order valence-electron chi connectivity index (χ2n) is 3.60. The number of hydrogen-bond donors (Lipinski definition) is 0. The zero-order valence-corrected chi connectivity index (χ0v) is 10.0. The van der Waals surface area contributed by atoms with Crippen LogP contribution in [0.5, 0.6) is 0 Å². The van der Waals surface area contributed by atoms with Crippen molar-refractivity contribution in [1.82, 2.24) is 0 Å². The molecule has 0 saturated heterocycles. The molecule has 0 spiro atoms. The van der Waals surface area contributed by atoms with Crippen LogP contribution >= 0.6 is 11.8 Å². The molecule has 1 rings (SSSR count). The number of rotatable bonds is 7. The van der Waals surface area contributed by atoms with Crippen LogP contribution in [0.25, 0.3) is 0 Å². The Kier molecular flexibility index (Phi) is 6.17. The molecule has 1 atom stereocenters. The van der Waals surface area contributed by atoms with E-state index in [0.717, 1.165) is 19.1 Å². The molecule has 82 valence electrons. The normalized spacial score (nSPS) is 12.3. The van der Waals surface area contributed by atoms with E-state index in [0.29, 0.717) is 0 Å². The second-order valence-corrected chi connectivity index (χ2v) is 4.91. The maximum atomic E-state index is 10.9. The summed E-state index contributed by atoms with van der Waals surface area (Å²) in [6, 6.07) is 10.1. The van der Waals surface area contributed by atoms with Crippen molar-refractivity contribution in [3.63, 3.8) is 0 Å². The lowest BCUT2D eigenvalue weighted by Crippen LogP contribution is -2.03. The zero-order chi connectivity index (χ0) is 10.9. The first-order chi connectivity index (χ1) is 7.36. The Morgan fingerprint density at radius 3 is 2.60 bits per heavy atom. The molecule has 0 heterocycles. The third-order valence-corrected chi connectivity index (χ3v) is 3.47. The van der Waals surface area contributed by atoms with Crippen LogP contribution in [0.1, 0.15) is 32.6 Å². The van der Waals surface area contributed by atoms with Crippen molar-refractivity contribution >= 4 is 18.0 Å². The number of unbranched alkanes of at least 4 members (excludes halogenated alkanes) is 2. The highest BCUT2D eigenvalue weighted by atomic mass is 32.2. The van der Waals surface area contributed by atoms with E-state index in [1.54, 1.807) is 11.8 Å². The molecule has 0 fully saturated rings. The predicted molar refractivity (Wildman–Crippen MR) is 66.3 cm³/mol. The summed E-state index contributed by atoms with van der Waals surface area (Å²) in [4.78, 5) is 12.1. The van der Waals surface area contributed by atoms with Gasteiger partial charge in [-0.1, -0.05) is 44.4 Å². The van der Waals surface area contributed by atoms with Gasteiger partial charge in [0.05, 0.1) is 5.25 Å². The number of carbonyl (C=O) groups is 1. The topological polar surface area (TPSA) is 17.1 Å². The summed E-state index contributed by atoms with van der Waals surface area (Å²) in [7, 11) is 0. The van der Waals surface area contributed by atoms with Crippen LogP contribution in [-0.2, 0) is 4.79 Å². The zero-order valence-electron chi connectivity index (χ0n) is 9.19. The lowest BCUT2D eigenvalue weighted by atomic mass is 10.2. The fourth-order valence-electron chi connectivity index (χ4n) is 1.42. The van der Waals surface area contributed by atoms with Crippen LogP contribution in [0.4, 0.5) is 0 Å². The second kappa shape index (κ2) is 7.52. The van der Waals surface area contributed by atoms with Crippen LogP contribution in [0, 0.1) is 0 Å². The molecule has 15 heavy (non-hydrogen) atoms. The minimum atomic E-state index is 0.124. The van der Waals surface area contributed by atoms with Gasteiger partial charge in [-0.2, -0.15) is 0 Å². The Morgan fingerprint density at radius 1 is 1.27 bits per heavy atom. The molecule has 0 amide bonds. The molecule has 0 aliphatic heterocycles. The highest BCUT2D eigenvalue weighted by Gasteiger charge is 2.08. The van der Waals surface area contributed by atoms with Crippen molar-refractivity contribution in [2.45, 2.75) is 42.8 Å². The quantitative estimate of drug-likeness (QED) is 0.395. The highest BCUT2D eigenvalue weighted by molar-refractivity contribution is 8.00. The molecule has 1 unspecified atom stereocenters. The summed E-state index contributed by atoms with van der Waals surface area (Å²) in [5.41, 5.74) is 0. The van der Waals surface area contributed by atoms with Crippen LogP contribution in [0.15, 0.2) is 35.2 Å². The Hall–Kier alpha value is -0.760. The van der Waals surface area contributed by atoms with E-state index in [2.05, 4.69) is 19.1 Å². The van der Waals surface area contributed by atoms with Crippen molar-refractivity contribution in [1.29, 1.82) is 0 Å². The van der Waals surface area contributed by atoms with Gasteiger partial charge in [0.15, 0.2) is 0 Å². The van der Waals surface area contributed by atoms with Gasteiger partial charge in [0.2, 0.25) is 0 Å². The van der Waals surface area contributed by atoms with Gasteiger partial charge in [0, 0.05) is 4.90 Å². The molecule has 1 aromatic rings. The smallest absolute Gasteiger partial charge is 0.133 e. The fourth-order valence-corrected chi connectivity index (χ4v) is 2.43. The van der Waals surface area contributed by atoms with E-state index in [4.69, 9.17) is 0 Å². The first kappa shape index (κ1) is 12.3. The number of benzene rings is 1.